The van der Waals surface area contributed by atoms with Crippen molar-refractivity contribution in [1.82, 2.24) is 10.3 Å². The molecule has 0 bridgehead atoms. The second kappa shape index (κ2) is 12.7. The first-order valence-corrected chi connectivity index (χ1v) is 11.9. The van der Waals surface area contributed by atoms with Gasteiger partial charge in [-0.05, 0) is 36.1 Å². The fraction of sp³-hybridized carbons (Fsp3) is 0.261. The van der Waals surface area contributed by atoms with Crippen LogP contribution in [0.4, 0.5) is 0 Å². The largest absolute Gasteiger partial charge is 0.392 e. The number of amides is 1. The molecule has 8 heteroatoms. The van der Waals surface area contributed by atoms with E-state index in [0.29, 0.717) is 12.0 Å². The molecule has 0 spiro atoms. The number of rotatable bonds is 10. The van der Waals surface area contributed by atoms with E-state index < -0.39 is 6.04 Å². The van der Waals surface area contributed by atoms with Crippen molar-refractivity contribution in [2.24, 2.45) is 0 Å². The van der Waals surface area contributed by atoms with Crippen molar-refractivity contribution in [3.63, 3.8) is 0 Å². The Balaban J connectivity index is 0.00000341. The minimum absolute atomic E-state index is 0. The molecule has 0 fully saturated rings. The monoisotopic (exact) mass is 474 g/mol. The first-order valence-electron chi connectivity index (χ1n) is 9.63. The quantitative estimate of drug-likeness (QED) is 0.463. The molecule has 5 nitrogen and oxygen atoms in total. The molecule has 0 unspecified atom stereocenters. The fourth-order valence-corrected chi connectivity index (χ4v) is 4.24. The number of ketones is 1. The third-order valence-corrected chi connectivity index (χ3v) is 6.14. The fourth-order valence-electron chi connectivity index (χ4n) is 2.96. The average Bonchev–Trinajstić information content (AvgIpc) is 3.25. The van der Waals surface area contributed by atoms with Gasteiger partial charge >= 0.3 is 0 Å². The van der Waals surface area contributed by atoms with Crippen molar-refractivity contribution in [3.05, 3.63) is 76.1 Å². The summed E-state index contributed by atoms with van der Waals surface area (Å²) in [6, 6.07) is 16.0. The van der Waals surface area contributed by atoms with E-state index >= 15 is 0 Å². The van der Waals surface area contributed by atoms with Crippen LogP contribution in [0.2, 0.25) is 0 Å². The Hall–Kier alpha value is -2.13. The van der Waals surface area contributed by atoms with E-state index in [1.54, 1.807) is 36.0 Å². The van der Waals surface area contributed by atoms with E-state index in [1.807, 2.05) is 42.0 Å². The Morgan fingerprint density at radius 1 is 1.13 bits per heavy atom. The zero-order chi connectivity index (χ0) is 21.3. The predicted octanol–water partition coefficient (Wildman–Crippen LogP) is 4.08. The highest BCUT2D eigenvalue weighted by atomic mass is 32.2. The number of nitrogens with zero attached hydrogens (tertiary/aromatic N) is 1. The van der Waals surface area contributed by atoms with Crippen molar-refractivity contribution < 1.29 is 14.7 Å². The Morgan fingerprint density at radius 3 is 2.48 bits per heavy atom. The third-order valence-electron chi connectivity index (χ3n) is 4.65. The van der Waals surface area contributed by atoms with Gasteiger partial charge in [0.1, 0.15) is 5.01 Å². The maximum atomic E-state index is 12.9. The molecule has 0 aliphatic carbocycles. The maximum absolute atomic E-state index is 12.9. The van der Waals surface area contributed by atoms with Crippen LogP contribution < -0.4 is 5.32 Å². The first-order chi connectivity index (χ1) is 14.6. The Bertz CT molecular complexity index is 975. The van der Waals surface area contributed by atoms with Crippen LogP contribution in [0, 0.1) is 0 Å². The van der Waals surface area contributed by atoms with Crippen LogP contribution in [-0.2, 0) is 17.8 Å². The van der Waals surface area contributed by atoms with Crippen LogP contribution >= 0.6 is 36.6 Å². The second-order valence-corrected chi connectivity index (χ2v) is 8.73. The van der Waals surface area contributed by atoms with Gasteiger partial charge in [0, 0.05) is 16.5 Å². The summed E-state index contributed by atoms with van der Waals surface area (Å²) in [6.45, 7) is -0.0739. The molecule has 0 radical (unpaired) electrons. The average molecular weight is 475 g/mol. The Kier molecular flexibility index (Phi) is 10.3. The van der Waals surface area contributed by atoms with Crippen LogP contribution in [0.1, 0.15) is 27.3 Å². The van der Waals surface area contributed by atoms with Gasteiger partial charge in [-0.25, -0.2) is 4.98 Å². The van der Waals surface area contributed by atoms with Crippen LogP contribution in [0.3, 0.4) is 0 Å². The molecule has 0 saturated carbocycles. The van der Waals surface area contributed by atoms with Gasteiger partial charge in [0.2, 0.25) is 0 Å². The molecule has 31 heavy (non-hydrogen) atoms. The van der Waals surface area contributed by atoms with E-state index in [2.05, 4.69) is 10.3 Å². The number of Topliss-reactive ketones (excluding diaryl/α,β-unsaturated/α-hetero) is 1. The summed E-state index contributed by atoms with van der Waals surface area (Å²) in [5, 5.41) is 14.7. The molecule has 2 N–H and O–H groups in total. The summed E-state index contributed by atoms with van der Waals surface area (Å²) >= 11 is 3.10. The number of thiazole rings is 1. The van der Waals surface area contributed by atoms with E-state index in [0.717, 1.165) is 27.6 Å². The highest BCUT2D eigenvalue weighted by Gasteiger charge is 2.22. The zero-order valence-corrected chi connectivity index (χ0v) is 19.8. The predicted molar refractivity (Wildman–Crippen MR) is 133 cm³/mol. The molecule has 1 amide bonds. The molecule has 1 aromatic heterocycles. The number of aliphatic hydroxyl groups excluding tert-OH is 1. The lowest BCUT2D eigenvalue weighted by atomic mass is 10.1. The van der Waals surface area contributed by atoms with Crippen LogP contribution in [-0.4, -0.2) is 39.8 Å². The lowest BCUT2D eigenvalue weighted by Crippen LogP contribution is -2.42. The van der Waals surface area contributed by atoms with Crippen molar-refractivity contribution in [2.45, 2.75) is 25.5 Å². The summed E-state index contributed by atoms with van der Waals surface area (Å²) in [7, 11) is 0. The van der Waals surface area contributed by atoms with Crippen molar-refractivity contribution in [3.8, 4) is 11.3 Å². The van der Waals surface area contributed by atoms with Gasteiger partial charge in [-0.3, -0.25) is 9.59 Å². The number of nitrogens with one attached hydrogen (secondary N) is 1. The number of hydrogen-bond acceptors (Lipinski definition) is 6. The van der Waals surface area contributed by atoms with Gasteiger partial charge < -0.3 is 10.4 Å². The normalized spacial score (nSPS) is 11.4. The Morgan fingerprint density at radius 2 is 1.84 bits per heavy atom. The third kappa shape index (κ3) is 7.21. The minimum atomic E-state index is -0.563. The van der Waals surface area contributed by atoms with Gasteiger partial charge in [0.05, 0.1) is 24.8 Å². The number of aromatic nitrogens is 1. The maximum Gasteiger partial charge on any atom is 0.251 e. The topological polar surface area (TPSA) is 79.3 Å². The molecule has 3 rings (SSSR count). The zero-order valence-electron chi connectivity index (χ0n) is 17.2. The summed E-state index contributed by atoms with van der Waals surface area (Å²) in [5.74, 6) is 0.439. The van der Waals surface area contributed by atoms with E-state index in [-0.39, 0.29) is 38.2 Å². The standard InChI is InChI=1S/C23H24N2O3S2.H2S/c1-29-12-11-19(25-23(28)18-9-7-16(14-26)8-10-18)21(27)13-22-24-20(15-30-22)17-5-3-2-4-6-17;/h2-10,15,19,26H,11-14H2,1H3,(H,25,28);1H2/t19-;/m0./s1. The summed E-state index contributed by atoms with van der Waals surface area (Å²) in [6.07, 6.45) is 2.74. The molecule has 0 saturated heterocycles. The summed E-state index contributed by atoms with van der Waals surface area (Å²) in [5.41, 5.74) is 3.08. The summed E-state index contributed by atoms with van der Waals surface area (Å²) in [4.78, 5) is 30.2. The second-order valence-electron chi connectivity index (χ2n) is 6.80. The van der Waals surface area contributed by atoms with Gasteiger partial charge in [0.15, 0.2) is 5.78 Å². The Labute approximate surface area is 197 Å². The number of benzene rings is 2. The van der Waals surface area contributed by atoms with Crippen molar-refractivity contribution in [2.75, 3.05) is 12.0 Å². The molecule has 3 aromatic rings. The smallest absolute Gasteiger partial charge is 0.251 e. The molecule has 1 atom stereocenters. The lowest BCUT2D eigenvalue weighted by molar-refractivity contribution is -0.120. The highest BCUT2D eigenvalue weighted by Crippen LogP contribution is 2.22. The van der Waals surface area contributed by atoms with Crippen molar-refractivity contribution in [1.29, 1.82) is 0 Å². The molecule has 2 aromatic carbocycles. The van der Waals surface area contributed by atoms with Crippen LogP contribution in [0.5, 0.6) is 0 Å². The van der Waals surface area contributed by atoms with E-state index in [4.69, 9.17) is 5.11 Å². The lowest BCUT2D eigenvalue weighted by Gasteiger charge is -2.17. The van der Waals surface area contributed by atoms with E-state index in [9.17, 15) is 9.59 Å². The SMILES string of the molecule is CSCC[C@H](NC(=O)c1ccc(CO)cc1)C(=O)Cc1nc(-c2ccccc2)cs1.S. The van der Waals surface area contributed by atoms with Gasteiger partial charge in [-0.15, -0.1) is 11.3 Å². The van der Waals surface area contributed by atoms with Gasteiger partial charge in [-0.1, -0.05) is 42.5 Å². The number of hydrogen-bond donors (Lipinski definition) is 2. The molecule has 164 valence electrons. The minimum Gasteiger partial charge on any atom is -0.392 e. The first kappa shape index (κ1) is 25.1. The van der Waals surface area contributed by atoms with Gasteiger partial charge in [-0.2, -0.15) is 25.3 Å². The van der Waals surface area contributed by atoms with Crippen LogP contribution in [0.25, 0.3) is 11.3 Å². The van der Waals surface area contributed by atoms with Gasteiger partial charge in [0.25, 0.3) is 5.91 Å². The molecular weight excluding hydrogens is 448 g/mol. The molecule has 1 heterocycles. The van der Waals surface area contributed by atoms with Crippen LogP contribution in [0.15, 0.2) is 60.0 Å². The number of carbonyl (C=O) groups is 2. The molecular formula is C23H26N2O3S3. The number of aliphatic hydroxyl groups is 1. The molecule has 0 aliphatic rings. The number of thioether (sulfide) groups is 1. The molecule has 0 aliphatic heterocycles. The van der Waals surface area contributed by atoms with E-state index in [1.165, 1.54) is 11.3 Å². The highest BCUT2D eigenvalue weighted by molar-refractivity contribution is 7.98. The van der Waals surface area contributed by atoms with Crippen molar-refractivity contribution >= 4 is 48.3 Å². The number of carbonyl (C=O) groups excluding carboxylic acids is 2. The summed E-state index contributed by atoms with van der Waals surface area (Å²) < 4.78 is 0.